The zero-order chi connectivity index (χ0) is 14.1. The molecule has 0 fully saturated rings. The summed E-state index contributed by atoms with van der Waals surface area (Å²) in [5, 5.41) is 6.10. The topological polar surface area (TPSA) is 34.9 Å². The van der Waals surface area contributed by atoms with Gasteiger partial charge < -0.3 is 0 Å². The van der Waals surface area contributed by atoms with Crippen molar-refractivity contribution >= 4 is 28.3 Å². The summed E-state index contributed by atoms with van der Waals surface area (Å²) >= 11 is 5.83. The molecule has 3 nitrogen and oxygen atoms in total. The highest BCUT2D eigenvalue weighted by molar-refractivity contribution is 6.30. The molecule has 0 aliphatic heterocycles. The Kier molecular flexibility index (Phi) is 3.28. The van der Waals surface area contributed by atoms with E-state index in [-0.39, 0.29) is 5.78 Å². The molecule has 0 radical (unpaired) electrons. The lowest BCUT2D eigenvalue weighted by molar-refractivity contribution is 0.0992. The van der Waals surface area contributed by atoms with Crippen molar-refractivity contribution in [2.75, 3.05) is 0 Å². The Bertz CT molecular complexity index is 775. The predicted molar refractivity (Wildman–Crippen MR) is 80.2 cm³/mol. The van der Waals surface area contributed by atoms with Crippen LogP contribution < -0.4 is 0 Å². The number of halogens is 1. The Balaban J connectivity index is 1.93. The second kappa shape index (κ2) is 5.10. The van der Waals surface area contributed by atoms with Gasteiger partial charge in [-0.3, -0.25) is 9.48 Å². The minimum absolute atomic E-state index is 0.0468. The summed E-state index contributed by atoms with van der Waals surface area (Å²) in [6.07, 6.45) is 0.295. The predicted octanol–water partition coefficient (Wildman–Crippen LogP) is 3.65. The number of aromatic nitrogens is 2. The van der Waals surface area contributed by atoms with Crippen LogP contribution in [0, 0.1) is 0 Å². The van der Waals surface area contributed by atoms with Crippen molar-refractivity contribution in [3.8, 4) is 0 Å². The van der Waals surface area contributed by atoms with Crippen LogP contribution in [0.2, 0.25) is 5.02 Å². The number of aryl methyl sites for hydroxylation is 1. The molecule has 0 saturated heterocycles. The van der Waals surface area contributed by atoms with Crippen molar-refractivity contribution in [1.29, 1.82) is 0 Å². The maximum absolute atomic E-state index is 12.3. The fourth-order valence-electron chi connectivity index (χ4n) is 2.31. The summed E-state index contributed by atoms with van der Waals surface area (Å²) in [5.41, 5.74) is 2.50. The van der Waals surface area contributed by atoms with Crippen molar-refractivity contribution in [1.82, 2.24) is 9.78 Å². The lowest BCUT2D eigenvalue weighted by Crippen LogP contribution is -2.04. The Hall–Kier alpha value is -2.13. The molecule has 0 aliphatic carbocycles. The van der Waals surface area contributed by atoms with Gasteiger partial charge in [-0.15, -0.1) is 0 Å². The molecule has 0 spiro atoms. The number of carbonyl (C=O) groups is 1. The second-order valence-corrected chi connectivity index (χ2v) is 5.13. The lowest BCUT2D eigenvalue weighted by Gasteiger charge is -1.99. The number of fused-ring (bicyclic) bond motifs is 1. The maximum atomic E-state index is 12.3. The third-order valence-corrected chi connectivity index (χ3v) is 3.58. The largest absolute Gasteiger partial charge is 0.294 e. The van der Waals surface area contributed by atoms with E-state index in [1.165, 1.54) is 0 Å². The first-order valence-electron chi connectivity index (χ1n) is 6.34. The molecule has 0 amide bonds. The van der Waals surface area contributed by atoms with E-state index in [2.05, 4.69) is 5.10 Å². The van der Waals surface area contributed by atoms with Gasteiger partial charge in [0.05, 0.1) is 17.6 Å². The van der Waals surface area contributed by atoms with Crippen molar-refractivity contribution in [3.05, 3.63) is 64.8 Å². The first-order valence-corrected chi connectivity index (χ1v) is 6.72. The molecule has 0 unspecified atom stereocenters. The lowest BCUT2D eigenvalue weighted by atomic mass is 10.0. The maximum Gasteiger partial charge on any atom is 0.168 e. The molecule has 1 aromatic heterocycles. The SMILES string of the molecule is Cn1nc(CC(=O)c2ccc(Cl)cc2)c2ccccc21. The summed E-state index contributed by atoms with van der Waals surface area (Å²) in [6, 6.07) is 14.9. The van der Waals surface area contributed by atoms with Gasteiger partial charge in [-0.1, -0.05) is 29.8 Å². The summed E-state index contributed by atoms with van der Waals surface area (Å²) < 4.78 is 1.81. The van der Waals surface area contributed by atoms with Crippen molar-refractivity contribution in [2.24, 2.45) is 7.05 Å². The van der Waals surface area contributed by atoms with E-state index in [1.807, 2.05) is 31.3 Å². The van der Waals surface area contributed by atoms with E-state index in [4.69, 9.17) is 11.6 Å². The number of ketones is 1. The van der Waals surface area contributed by atoms with Gasteiger partial charge in [0.2, 0.25) is 0 Å². The number of Topliss-reactive ketones (excluding diaryl/α,β-unsaturated/α-hetero) is 1. The van der Waals surface area contributed by atoms with E-state index >= 15 is 0 Å². The zero-order valence-electron chi connectivity index (χ0n) is 11.0. The van der Waals surface area contributed by atoms with E-state index in [1.54, 1.807) is 28.9 Å². The summed E-state index contributed by atoms with van der Waals surface area (Å²) in [4.78, 5) is 12.3. The molecule has 100 valence electrons. The fraction of sp³-hybridized carbons (Fsp3) is 0.125. The van der Waals surface area contributed by atoms with Crippen LogP contribution in [0.25, 0.3) is 10.9 Å². The van der Waals surface area contributed by atoms with Crippen molar-refractivity contribution in [3.63, 3.8) is 0 Å². The van der Waals surface area contributed by atoms with Gasteiger partial charge >= 0.3 is 0 Å². The van der Waals surface area contributed by atoms with E-state index in [0.29, 0.717) is 17.0 Å². The van der Waals surface area contributed by atoms with Gasteiger partial charge in [-0.05, 0) is 30.3 Å². The molecule has 0 atom stereocenters. The van der Waals surface area contributed by atoms with Crippen molar-refractivity contribution < 1.29 is 4.79 Å². The third-order valence-electron chi connectivity index (χ3n) is 3.33. The second-order valence-electron chi connectivity index (χ2n) is 4.69. The van der Waals surface area contributed by atoms with E-state index in [9.17, 15) is 4.79 Å². The molecule has 0 bridgehead atoms. The molecule has 0 aliphatic rings. The van der Waals surface area contributed by atoms with Gasteiger partial charge in [0.25, 0.3) is 0 Å². The van der Waals surface area contributed by atoms with Crippen LogP contribution in [0.3, 0.4) is 0 Å². The first kappa shape index (κ1) is 12.9. The molecular weight excluding hydrogens is 272 g/mol. The molecule has 20 heavy (non-hydrogen) atoms. The minimum Gasteiger partial charge on any atom is -0.294 e. The molecule has 3 rings (SSSR count). The fourth-order valence-corrected chi connectivity index (χ4v) is 2.44. The summed E-state index contributed by atoms with van der Waals surface area (Å²) in [7, 11) is 1.89. The van der Waals surface area contributed by atoms with Gasteiger partial charge in [0.15, 0.2) is 5.78 Å². The zero-order valence-corrected chi connectivity index (χ0v) is 11.8. The normalized spacial score (nSPS) is 10.9. The average Bonchev–Trinajstić information content (AvgIpc) is 2.77. The summed E-state index contributed by atoms with van der Waals surface area (Å²) in [5.74, 6) is 0.0468. The standard InChI is InChI=1S/C16H13ClN2O/c1-19-15-5-3-2-4-13(15)14(18-19)10-16(20)11-6-8-12(17)9-7-11/h2-9H,10H2,1H3. The first-order chi connectivity index (χ1) is 9.65. The molecule has 4 heteroatoms. The third kappa shape index (κ3) is 2.32. The van der Waals surface area contributed by atoms with Crippen LogP contribution in [-0.4, -0.2) is 15.6 Å². The van der Waals surface area contributed by atoms with Gasteiger partial charge in [0, 0.05) is 23.0 Å². The molecule has 2 aromatic carbocycles. The van der Waals surface area contributed by atoms with Gasteiger partial charge in [0.1, 0.15) is 0 Å². The molecule has 1 heterocycles. The van der Waals surface area contributed by atoms with Gasteiger partial charge in [-0.25, -0.2) is 0 Å². The smallest absolute Gasteiger partial charge is 0.168 e. The highest BCUT2D eigenvalue weighted by atomic mass is 35.5. The highest BCUT2D eigenvalue weighted by Crippen LogP contribution is 2.19. The summed E-state index contributed by atoms with van der Waals surface area (Å²) in [6.45, 7) is 0. The monoisotopic (exact) mass is 284 g/mol. The van der Waals surface area contributed by atoms with Crippen LogP contribution in [0.4, 0.5) is 0 Å². The van der Waals surface area contributed by atoms with Crippen LogP contribution in [0.15, 0.2) is 48.5 Å². The van der Waals surface area contributed by atoms with Crippen LogP contribution in [-0.2, 0) is 13.5 Å². The number of carbonyl (C=O) groups excluding carboxylic acids is 1. The average molecular weight is 285 g/mol. The minimum atomic E-state index is 0.0468. The number of hydrogen-bond donors (Lipinski definition) is 0. The molecule has 0 N–H and O–H groups in total. The van der Waals surface area contributed by atoms with Crippen LogP contribution in [0.5, 0.6) is 0 Å². The van der Waals surface area contributed by atoms with Crippen molar-refractivity contribution in [2.45, 2.75) is 6.42 Å². The van der Waals surface area contributed by atoms with E-state index in [0.717, 1.165) is 16.6 Å². The number of nitrogens with zero attached hydrogens (tertiary/aromatic N) is 2. The Morgan fingerprint density at radius 1 is 1.15 bits per heavy atom. The molecule has 3 aromatic rings. The quantitative estimate of drug-likeness (QED) is 0.688. The number of benzene rings is 2. The van der Waals surface area contributed by atoms with Gasteiger partial charge in [-0.2, -0.15) is 5.10 Å². The Morgan fingerprint density at radius 3 is 2.60 bits per heavy atom. The number of hydrogen-bond acceptors (Lipinski definition) is 2. The highest BCUT2D eigenvalue weighted by Gasteiger charge is 2.13. The van der Waals surface area contributed by atoms with Crippen LogP contribution in [0.1, 0.15) is 16.1 Å². The molecular formula is C16H13ClN2O. The Morgan fingerprint density at radius 2 is 1.85 bits per heavy atom. The molecule has 0 saturated carbocycles. The number of para-hydroxylation sites is 1. The number of rotatable bonds is 3. The van der Waals surface area contributed by atoms with Crippen LogP contribution >= 0.6 is 11.6 Å². The van der Waals surface area contributed by atoms with E-state index < -0.39 is 0 Å². The Labute approximate surface area is 121 Å².